The van der Waals surface area contributed by atoms with Crippen molar-refractivity contribution in [2.75, 3.05) is 0 Å². The SMILES string of the molecule is O=C(NC1CCCCC1)c1cc2ccc(Cl)cc2[nH]1. The minimum absolute atomic E-state index is 0.0146. The van der Waals surface area contributed by atoms with Crippen LogP contribution in [0.25, 0.3) is 10.9 Å². The summed E-state index contributed by atoms with van der Waals surface area (Å²) in [5.74, 6) is -0.0146. The van der Waals surface area contributed by atoms with Crippen molar-refractivity contribution in [2.45, 2.75) is 38.1 Å². The fourth-order valence-electron chi connectivity index (χ4n) is 2.73. The van der Waals surface area contributed by atoms with Crippen molar-refractivity contribution < 1.29 is 4.79 Å². The van der Waals surface area contributed by atoms with Gasteiger partial charge in [-0.2, -0.15) is 0 Å². The summed E-state index contributed by atoms with van der Waals surface area (Å²) in [4.78, 5) is 15.3. The Morgan fingerprint density at radius 2 is 2.00 bits per heavy atom. The molecule has 0 spiro atoms. The Balaban J connectivity index is 1.77. The molecule has 1 saturated carbocycles. The molecule has 1 aromatic heterocycles. The number of amides is 1. The van der Waals surface area contributed by atoms with E-state index in [0.29, 0.717) is 16.8 Å². The molecule has 1 aliphatic rings. The molecule has 1 heterocycles. The van der Waals surface area contributed by atoms with E-state index >= 15 is 0 Å². The van der Waals surface area contributed by atoms with Gasteiger partial charge in [-0.05, 0) is 31.0 Å². The van der Waals surface area contributed by atoms with Gasteiger partial charge in [0.2, 0.25) is 0 Å². The number of aromatic nitrogens is 1. The van der Waals surface area contributed by atoms with Crippen LogP contribution in [0.4, 0.5) is 0 Å². The largest absolute Gasteiger partial charge is 0.350 e. The van der Waals surface area contributed by atoms with Gasteiger partial charge >= 0.3 is 0 Å². The predicted molar refractivity (Wildman–Crippen MR) is 77.6 cm³/mol. The van der Waals surface area contributed by atoms with Crippen molar-refractivity contribution >= 4 is 28.4 Å². The number of nitrogens with one attached hydrogen (secondary N) is 2. The molecule has 100 valence electrons. The van der Waals surface area contributed by atoms with E-state index in [1.54, 1.807) is 0 Å². The summed E-state index contributed by atoms with van der Waals surface area (Å²) in [6, 6.07) is 7.81. The molecule has 3 nitrogen and oxygen atoms in total. The van der Waals surface area contributed by atoms with Crippen LogP contribution in [-0.4, -0.2) is 16.9 Å². The molecule has 1 aliphatic carbocycles. The van der Waals surface area contributed by atoms with Crippen LogP contribution in [0.15, 0.2) is 24.3 Å². The molecule has 1 fully saturated rings. The first-order valence-corrected chi connectivity index (χ1v) is 7.19. The topological polar surface area (TPSA) is 44.9 Å². The Labute approximate surface area is 117 Å². The maximum absolute atomic E-state index is 12.2. The number of carbonyl (C=O) groups excluding carboxylic acids is 1. The number of aromatic amines is 1. The predicted octanol–water partition coefficient (Wildman–Crippen LogP) is 3.88. The van der Waals surface area contributed by atoms with E-state index in [4.69, 9.17) is 11.6 Å². The van der Waals surface area contributed by atoms with E-state index < -0.39 is 0 Å². The van der Waals surface area contributed by atoms with E-state index in [1.165, 1.54) is 19.3 Å². The zero-order valence-electron chi connectivity index (χ0n) is 10.7. The number of rotatable bonds is 2. The lowest BCUT2D eigenvalue weighted by atomic mass is 9.95. The number of hydrogen-bond acceptors (Lipinski definition) is 1. The average Bonchev–Trinajstić information content (AvgIpc) is 2.83. The molecule has 4 heteroatoms. The fraction of sp³-hybridized carbons (Fsp3) is 0.400. The highest BCUT2D eigenvalue weighted by atomic mass is 35.5. The van der Waals surface area contributed by atoms with Gasteiger partial charge in [0, 0.05) is 22.0 Å². The summed E-state index contributed by atoms with van der Waals surface area (Å²) in [6.45, 7) is 0. The molecular weight excluding hydrogens is 260 g/mol. The van der Waals surface area contributed by atoms with Crippen LogP contribution < -0.4 is 5.32 Å². The number of H-pyrrole nitrogens is 1. The standard InChI is InChI=1S/C15H17ClN2O/c16-11-7-6-10-8-14(18-13(10)9-11)15(19)17-12-4-2-1-3-5-12/h6-9,12,18H,1-5H2,(H,17,19). The zero-order valence-corrected chi connectivity index (χ0v) is 11.5. The monoisotopic (exact) mass is 276 g/mol. The summed E-state index contributed by atoms with van der Waals surface area (Å²) in [5, 5.41) is 4.79. The van der Waals surface area contributed by atoms with Gasteiger partial charge in [0.25, 0.3) is 5.91 Å². The van der Waals surface area contributed by atoms with Crippen molar-refractivity contribution in [3.05, 3.63) is 35.0 Å². The number of halogens is 1. The fourth-order valence-corrected chi connectivity index (χ4v) is 2.90. The van der Waals surface area contributed by atoms with Crippen molar-refractivity contribution in [3.63, 3.8) is 0 Å². The Hall–Kier alpha value is -1.48. The zero-order chi connectivity index (χ0) is 13.2. The van der Waals surface area contributed by atoms with Gasteiger partial charge in [-0.1, -0.05) is 36.9 Å². The molecule has 0 unspecified atom stereocenters. The molecule has 0 saturated heterocycles. The van der Waals surface area contributed by atoms with Crippen LogP contribution in [0.3, 0.4) is 0 Å². The molecule has 1 amide bonds. The van der Waals surface area contributed by atoms with Crippen molar-refractivity contribution in [2.24, 2.45) is 0 Å². The highest BCUT2D eigenvalue weighted by molar-refractivity contribution is 6.31. The van der Waals surface area contributed by atoms with Crippen molar-refractivity contribution in [1.29, 1.82) is 0 Å². The molecule has 19 heavy (non-hydrogen) atoms. The van der Waals surface area contributed by atoms with E-state index in [-0.39, 0.29) is 5.91 Å². The van der Waals surface area contributed by atoms with Crippen LogP contribution in [0.2, 0.25) is 5.02 Å². The number of fused-ring (bicyclic) bond motifs is 1. The second-order valence-corrected chi connectivity index (χ2v) is 5.66. The first kappa shape index (κ1) is 12.5. The molecule has 0 aliphatic heterocycles. The first-order valence-electron chi connectivity index (χ1n) is 6.81. The summed E-state index contributed by atoms with van der Waals surface area (Å²) in [5.41, 5.74) is 1.52. The first-order chi connectivity index (χ1) is 9.22. The van der Waals surface area contributed by atoms with Crippen LogP contribution in [0.5, 0.6) is 0 Å². The second kappa shape index (κ2) is 5.25. The average molecular weight is 277 g/mol. The van der Waals surface area contributed by atoms with Gasteiger partial charge in [0.15, 0.2) is 0 Å². The molecule has 0 atom stereocenters. The van der Waals surface area contributed by atoms with Gasteiger partial charge in [0.1, 0.15) is 5.69 Å². The van der Waals surface area contributed by atoms with Gasteiger partial charge in [-0.15, -0.1) is 0 Å². The maximum atomic E-state index is 12.2. The van der Waals surface area contributed by atoms with Gasteiger partial charge in [-0.3, -0.25) is 4.79 Å². The Morgan fingerprint density at radius 3 is 2.79 bits per heavy atom. The van der Waals surface area contributed by atoms with Crippen LogP contribution in [0.1, 0.15) is 42.6 Å². The van der Waals surface area contributed by atoms with Gasteiger partial charge in [0.05, 0.1) is 0 Å². The van der Waals surface area contributed by atoms with Crippen LogP contribution >= 0.6 is 11.6 Å². The van der Waals surface area contributed by atoms with Crippen molar-refractivity contribution in [3.8, 4) is 0 Å². The van der Waals surface area contributed by atoms with Crippen molar-refractivity contribution in [1.82, 2.24) is 10.3 Å². The molecule has 0 radical (unpaired) electrons. The lowest BCUT2D eigenvalue weighted by Crippen LogP contribution is -2.36. The summed E-state index contributed by atoms with van der Waals surface area (Å²) in [6.07, 6.45) is 5.91. The summed E-state index contributed by atoms with van der Waals surface area (Å²) >= 11 is 5.94. The van der Waals surface area contributed by atoms with Gasteiger partial charge < -0.3 is 10.3 Å². The Bertz CT molecular complexity index is 599. The molecule has 2 aromatic rings. The van der Waals surface area contributed by atoms with E-state index in [2.05, 4.69) is 10.3 Å². The third-order valence-corrected chi connectivity index (χ3v) is 4.00. The lowest BCUT2D eigenvalue weighted by Gasteiger charge is -2.22. The number of hydrogen-bond donors (Lipinski definition) is 2. The highest BCUT2D eigenvalue weighted by Gasteiger charge is 2.17. The molecule has 1 aromatic carbocycles. The highest BCUT2D eigenvalue weighted by Crippen LogP contribution is 2.21. The summed E-state index contributed by atoms with van der Waals surface area (Å²) in [7, 11) is 0. The minimum atomic E-state index is -0.0146. The normalized spacial score (nSPS) is 16.7. The number of carbonyl (C=O) groups is 1. The maximum Gasteiger partial charge on any atom is 0.267 e. The minimum Gasteiger partial charge on any atom is -0.350 e. The second-order valence-electron chi connectivity index (χ2n) is 5.22. The smallest absolute Gasteiger partial charge is 0.267 e. The van der Waals surface area contributed by atoms with E-state index in [1.807, 2.05) is 24.3 Å². The number of benzene rings is 1. The molecule has 2 N–H and O–H groups in total. The van der Waals surface area contributed by atoms with E-state index in [0.717, 1.165) is 23.7 Å². The quantitative estimate of drug-likeness (QED) is 0.859. The van der Waals surface area contributed by atoms with Gasteiger partial charge in [-0.25, -0.2) is 0 Å². The molecule has 0 bridgehead atoms. The summed E-state index contributed by atoms with van der Waals surface area (Å²) < 4.78 is 0. The Kier molecular flexibility index (Phi) is 3.47. The van der Waals surface area contributed by atoms with E-state index in [9.17, 15) is 4.79 Å². The molecule has 3 rings (SSSR count). The lowest BCUT2D eigenvalue weighted by molar-refractivity contribution is 0.0923. The third-order valence-electron chi connectivity index (χ3n) is 3.77. The Morgan fingerprint density at radius 1 is 1.21 bits per heavy atom. The van der Waals surface area contributed by atoms with Crippen LogP contribution in [0, 0.1) is 0 Å². The van der Waals surface area contributed by atoms with Crippen LogP contribution in [-0.2, 0) is 0 Å². The molecular formula is C15H17ClN2O. The third kappa shape index (κ3) is 2.76.